The van der Waals surface area contributed by atoms with Crippen LogP contribution in [0.15, 0.2) is 60.9 Å². The Morgan fingerprint density at radius 1 is 0.905 bits per heavy atom. The van der Waals surface area contributed by atoms with Crippen LogP contribution >= 0.6 is 0 Å². The number of anilines is 3. The summed E-state index contributed by atoms with van der Waals surface area (Å²) >= 11 is 0. The second-order valence-corrected chi connectivity index (χ2v) is 11.2. The highest BCUT2D eigenvalue weighted by molar-refractivity contribution is 6.08. The van der Waals surface area contributed by atoms with Crippen molar-refractivity contribution in [2.45, 2.75) is 31.7 Å². The number of hydrogen-bond donors (Lipinski definition) is 1. The molecule has 0 radical (unpaired) electrons. The molecule has 4 aromatic rings. The van der Waals surface area contributed by atoms with Crippen molar-refractivity contribution in [1.29, 1.82) is 0 Å². The summed E-state index contributed by atoms with van der Waals surface area (Å²) in [4.78, 5) is 36.5. The van der Waals surface area contributed by atoms with E-state index in [9.17, 15) is 18.4 Å². The van der Waals surface area contributed by atoms with Crippen molar-refractivity contribution in [3.63, 3.8) is 0 Å². The van der Waals surface area contributed by atoms with E-state index in [0.717, 1.165) is 63.3 Å². The zero-order valence-electron chi connectivity index (χ0n) is 23.0. The largest absolute Gasteiger partial charge is 0.368 e. The third-order valence-electron chi connectivity index (χ3n) is 8.47. The van der Waals surface area contributed by atoms with E-state index >= 15 is 0 Å². The van der Waals surface area contributed by atoms with E-state index in [1.165, 1.54) is 16.8 Å². The van der Waals surface area contributed by atoms with Crippen LogP contribution in [0.1, 0.15) is 47.6 Å². The molecule has 1 aliphatic carbocycles. The Labute approximate surface area is 241 Å². The first-order chi connectivity index (χ1) is 20.4. The molecule has 2 aliphatic heterocycles. The Balaban J connectivity index is 1.04. The predicted octanol–water partition coefficient (Wildman–Crippen LogP) is 4.66. The van der Waals surface area contributed by atoms with Gasteiger partial charge in [-0.05, 0) is 74.2 Å². The van der Waals surface area contributed by atoms with E-state index in [0.29, 0.717) is 47.2 Å². The highest BCUT2D eigenvalue weighted by atomic mass is 19.1. The third-order valence-corrected chi connectivity index (χ3v) is 8.47. The molecule has 0 spiro atoms. The van der Waals surface area contributed by atoms with Crippen molar-refractivity contribution >= 4 is 34.7 Å². The Kier molecular flexibility index (Phi) is 6.72. The summed E-state index contributed by atoms with van der Waals surface area (Å²) in [5, 5.41) is 7.23. The quantitative estimate of drug-likeness (QED) is 0.363. The van der Waals surface area contributed by atoms with Gasteiger partial charge in [-0.2, -0.15) is 5.10 Å². The van der Waals surface area contributed by atoms with Gasteiger partial charge in [0.25, 0.3) is 5.91 Å². The summed E-state index contributed by atoms with van der Waals surface area (Å²) in [6.07, 6.45) is 6.73. The normalized spacial score (nSPS) is 19.0. The van der Waals surface area contributed by atoms with Crippen LogP contribution in [-0.2, 0) is 4.79 Å². The minimum Gasteiger partial charge on any atom is -0.368 e. The maximum absolute atomic E-state index is 14.6. The molecule has 3 fully saturated rings. The van der Waals surface area contributed by atoms with E-state index in [4.69, 9.17) is 4.98 Å². The average Bonchev–Trinajstić information content (AvgIpc) is 3.59. The van der Waals surface area contributed by atoms with Gasteiger partial charge in [0, 0.05) is 61.8 Å². The number of rotatable bonds is 6. The number of benzene rings is 2. The number of carbonyl (C=O) groups is 2. The van der Waals surface area contributed by atoms with Crippen LogP contribution in [0.25, 0.3) is 5.65 Å². The van der Waals surface area contributed by atoms with Crippen molar-refractivity contribution in [2.75, 3.05) is 47.8 Å². The van der Waals surface area contributed by atoms with Crippen LogP contribution in [0.3, 0.4) is 0 Å². The lowest BCUT2D eigenvalue weighted by Crippen LogP contribution is -2.49. The van der Waals surface area contributed by atoms with Crippen LogP contribution in [0.2, 0.25) is 0 Å². The fourth-order valence-corrected chi connectivity index (χ4v) is 6.04. The summed E-state index contributed by atoms with van der Waals surface area (Å²) < 4.78 is 30.1. The van der Waals surface area contributed by atoms with E-state index in [1.54, 1.807) is 12.3 Å². The molecule has 1 saturated carbocycles. The number of fused-ring (bicyclic) bond motifs is 1. The average molecular weight is 572 g/mol. The number of amides is 2. The number of piperazine rings is 1. The molecule has 42 heavy (non-hydrogen) atoms. The lowest BCUT2D eigenvalue weighted by Gasteiger charge is -2.36. The number of halogens is 2. The first kappa shape index (κ1) is 26.4. The van der Waals surface area contributed by atoms with Gasteiger partial charge in [-0.25, -0.2) is 18.3 Å². The van der Waals surface area contributed by atoms with Gasteiger partial charge >= 0.3 is 0 Å². The smallest absolute Gasteiger partial charge is 0.261 e. The summed E-state index contributed by atoms with van der Waals surface area (Å²) in [6, 6.07) is 12.6. The van der Waals surface area contributed by atoms with Gasteiger partial charge in [-0.3, -0.25) is 9.59 Å². The summed E-state index contributed by atoms with van der Waals surface area (Å²) in [7, 11) is 0. The van der Waals surface area contributed by atoms with Crippen LogP contribution in [0.4, 0.5) is 26.0 Å². The molecule has 0 unspecified atom stereocenters. The minimum absolute atomic E-state index is 0.247. The van der Waals surface area contributed by atoms with Gasteiger partial charge in [0.15, 0.2) is 5.65 Å². The fourth-order valence-electron chi connectivity index (χ4n) is 6.04. The van der Waals surface area contributed by atoms with E-state index in [-0.39, 0.29) is 17.9 Å². The summed E-state index contributed by atoms with van der Waals surface area (Å²) in [5.74, 6) is -0.155. The number of carbonyl (C=O) groups excluding carboxylic acids is 2. The standard InChI is InChI=1S/C31H31F2N7O2/c32-21-5-10-26(33)24(18-21)27-2-1-12-39(27)28-11-13-40-29(36-28)25(19-34-40)30(41)35-22-6-8-23(9-7-22)37-14-16-38(17-15-37)31(42)20-3-4-20/h5-11,13,18-20,27H,1-4,12,14-17H2,(H,35,41)/t27-/m1/s1. The summed E-state index contributed by atoms with van der Waals surface area (Å²) in [5.41, 5.74) is 2.68. The van der Waals surface area contributed by atoms with Gasteiger partial charge in [-0.15, -0.1) is 0 Å². The van der Waals surface area contributed by atoms with Gasteiger partial charge < -0.3 is 20.0 Å². The Morgan fingerprint density at radius 2 is 1.69 bits per heavy atom. The zero-order chi connectivity index (χ0) is 28.8. The molecule has 4 heterocycles. The van der Waals surface area contributed by atoms with Gasteiger partial charge in [-0.1, -0.05) is 0 Å². The molecule has 2 amide bonds. The highest BCUT2D eigenvalue weighted by Gasteiger charge is 2.34. The molecular weight excluding hydrogens is 540 g/mol. The highest BCUT2D eigenvalue weighted by Crippen LogP contribution is 2.37. The Morgan fingerprint density at radius 3 is 2.45 bits per heavy atom. The molecule has 2 aromatic heterocycles. The first-order valence-corrected chi connectivity index (χ1v) is 14.5. The number of nitrogens with zero attached hydrogens (tertiary/aromatic N) is 6. The van der Waals surface area contributed by atoms with Gasteiger partial charge in [0.05, 0.1) is 12.2 Å². The molecule has 11 heteroatoms. The molecule has 3 aliphatic rings. The van der Waals surface area contributed by atoms with Crippen LogP contribution in [-0.4, -0.2) is 64.0 Å². The van der Waals surface area contributed by atoms with E-state index in [1.807, 2.05) is 34.1 Å². The Bertz CT molecular complexity index is 1650. The molecule has 1 atom stereocenters. The van der Waals surface area contributed by atoms with Crippen LogP contribution in [0.5, 0.6) is 0 Å². The van der Waals surface area contributed by atoms with Gasteiger partial charge in [0.2, 0.25) is 5.91 Å². The van der Waals surface area contributed by atoms with Crippen molar-refractivity contribution in [3.8, 4) is 0 Å². The molecule has 9 nitrogen and oxygen atoms in total. The molecule has 0 bridgehead atoms. The number of hydrogen-bond acceptors (Lipinski definition) is 6. The minimum atomic E-state index is -0.479. The lowest BCUT2D eigenvalue weighted by molar-refractivity contribution is -0.132. The molecular formula is C31H31F2N7O2. The maximum Gasteiger partial charge on any atom is 0.261 e. The predicted molar refractivity (Wildman–Crippen MR) is 155 cm³/mol. The molecule has 2 saturated heterocycles. The zero-order valence-corrected chi connectivity index (χ0v) is 23.0. The topological polar surface area (TPSA) is 86.1 Å². The van der Waals surface area contributed by atoms with Crippen LogP contribution < -0.4 is 15.1 Å². The van der Waals surface area contributed by atoms with Crippen molar-refractivity contribution in [2.24, 2.45) is 5.92 Å². The monoisotopic (exact) mass is 571 g/mol. The maximum atomic E-state index is 14.6. The fraction of sp³-hybridized carbons (Fsp3) is 0.355. The van der Waals surface area contributed by atoms with E-state index < -0.39 is 11.6 Å². The van der Waals surface area contributed by atoms with Gasteiger partial charge in [0.1, 0.15) is 23.0 Å². The number of aromatic nitrogens is 3. The SMILES string of the molecule is O=C(Nc1ccc(N2CCN(C(=O)C3CC3)CC2)cc1)c1cnn2ccc(N3CCC[C@@H]3c3cc(F)ccc3F)nc12. The number of nitrogens with one attached hydrogen (secondary N) is 1. The molecule has 1 N–H and O–H groups in total. The van der Waals surface area contributed by atoms with Crippen molar-refractivity contribution in [3.05, 3.63) is 83.7 Å². The second kappa shape index (κ2) is 10.7. The van der Waals surface area contributed by atoms with Crippen LogP contribution in [0, 0.1) is 17.6 Å². The first-order valence-electron chi connectivity index (χ1n) is 14.5. The van der Waals surface area contributed by atoms with Crippen molar-refractivity contribution in [1.82, 2.24) is 19.5 Å². The molecule has 216 valence electrons. The second-order valence-electron chi connectivity index (χ2n) is 11.2. The molecule has 2 aromatic carbocycles. The Hall–Kier alpha value is -4.54. The van der Waals surface area contributed by atoms with Crippen molar-refractivity contribution < 1.29 is 18.4 Å². The molecule has 7 rings (SSSR count). The third kappa shape index (κ3) is 5.03. The van der Waals surface area contributed by atoms with E-state index in [2.05, 4.69) is 15.3 Å². The lowest BCUT2D eigenvalue weighted by atomic mass is 10.0. The summed E-state index contributed by atoms with van der Waals surface area (Å²) in [6.45, 7) is 3.66.